The topological polar surface area (TPSA) is 63.6 Å². The standard InChI is InChI=1S/C14H12O4S/c1-9-4-5-10(7-11(9)15)14(17)18-8-12(16)13-3-2-6-19-13/h2-7,15H,8H2,1H3. The van der Waals surface area contributed by atoms with Crippen LogP contribution >= 0.6 is 11.3 Å². The third kappa shape index (κ3) is 3.20. The van der Waals surface area contributed by atoms with E-state index in [1.54, 1.807) is 36.6 Å². The van der Waals surface area contributed by atoms with Crippen LogP contribution in [0.3, 0.4) is 0 Å². The first-order valence-electron chi connectivity index (χ1n) is 5.61. The molecular weight excluding hydrogens is 264 g/mol. The fourth-order valence-corrected chi connectivity index (χ4v) is 2.11. The van der Waals surface area contributed by atoms with Gasteiger partial charge < -0.3 is 9.84 Å². The maximum absolute atomic E-state index is 11.7. The van der Waals surface area contributed by atoms with Crippen molar-refractivity contribution in [3.63, 3.8) is 0 Å². The number of aryl methyl sites for hydroxylation is 1. The molecule has 1 heterocycles. The van der Waals surface area contributed by atoms with Gasteiger partial charge in [-0.1, -0.05) is 12.1 Å². The molecule has 0 aliphatic heterocycles. The summed E-state index contributed by atoms with van der Waals surface area (Å²) in [5.74, 6) is -0.834. The minimum absolute atomic E-state index is 0.0269. The summed E-state index contributed by atoms with van der Waals surface area (Å²) in [5.41, 5.74) is 0.897. The highest BCUT2D eigenvalue weighted by molar-refractivity contribution is 7.12. The molecule has 19 heavy (non-hydrogen) atoms. The summed E-state index contributed by atoms with van der Waals surface area (Å²) < 4.78 is 4.92. The summed E-state index contributed by atoms with van der Waals surface area (Å²) in [7, 11) is 0. The number of aromatic hydroxyl groups is 1. The van der Waals surface area contributed by atoms with Gasteiger partial charge in [0.1, 0.15) is 5.75 Å². The summed E-state index contributed by atoms with van der Waals surface area (Å²) >= 11 is 1.30. The second-order valence-corrected chi connectivity index (χ2v) is 4.93. The first kappa shape index (κ1) is 13.3. The van der Waals surface area contributed by atoms with Crippen LogP contribution in [-0.4, -0.2) is 23.5 Å². The molecular formula is C14H12O4S. The number of carbonyl (C=O) groups excluding carboxylic acids is 2. The molecule has 1 aromatic heterocycles. The maximum Gasteiger partial charge on any atom is 0.338 e. The number of esters is 1. The summed E-state index contributed by atoms with van der Waals surface area (Å²) in [6, 6.07) is 7.93. The summed E-state index contributed by atoms with van der Waals surface area (Å²) in [6.07, 6.45) is 0. The van der Waals surface area contributed by atoms with E-state index in [1.165, 1.54) is 17.4 Å². The van der Waals surface area contributed by atoms with Gasteiger partial charge in [-0.05, 0) is 36.1 Å². The largest absolute Gasteiger partial charge is 0.508 e. The van der Waals surface area contributed by atoms with Crippen molar-refractivity contribution in [2.75, 3.05) is 6.61 Å². The number of carbonyl (C=O) groups is 2. The fraction of sp³-hybridized carbons (Fsp3) is 0.143. The van der Waals surface area contributed by atoms with Crippen LogP contribution in [0.1, 0.15) is 25.6 Å². The van der Waals surface area contributed by atoms with Gasteiger partial charge in [-0.3, -0.25) is 4.79 Å². The van der Waals surface area contributed by atoms with Crippen LogP contribution in [0.25, 0.3) is 0 Å². The highest BCUT2D eigenvalue weighted by Gasteiger charge is 2.13. The molecule has 0 fully saturated rings. The average Bonchev–Trinajstić information content (AvgIpc) is 2.92. The number of benzene rings is 1. The van der Waals surface area contributed by atoms with E-state index in [9.17, 15) is 14.7 Å². The monoisotopic (exact) mass is 276 g/mol. The van der Waals surface area contributed by atoms with Gasteiger partial charge in [0.2, 0.25) is 5.78 Å². The van der Waals surface area contributed by atoms with Gasteiger partial charge in [-0.25, -0.2) is 4.79 Å². The summed E-state index contributed by atoms with van der Waals surface area (Å²) in [5, 5.41) is 11.3. The molecule has 0 atom stereocenters. The van der Waals surface area contributed by atoms with Crippen LogP contribution < -0.4 is 0 Å². The molecule has 0 radical (unpaired) electrons. The highest BCUT2D eigenvalue weighted by atomic mass is 32.1. The van der Waals surface area contributed by atoms with E-state index < -0.39 is 5.97 Å². The number of hydrogen-bond donors (Lipinski definition) is 1. The molecule has 4 nitrogen and oxygen atoms in total. The van der Waals surface area contributed by atoms with Crippen molar-refractivity contribution < 1.29 is 19.4 Å². The molecule has 0 saturated carbocycles. The molecule has 2 rings (SSSR count). The number of phenolic OH excluding ortho intramolecular Hbond substituents is 1. The van der Waals surface area contributed by atoms with Gasteiger partial charge in [0.25, 0.3) is 0 Å². The minimum atomic E-state index is -0.625. The first-order valence-corrected chi connectivity index (χ1v) is 6.49. The van der Waals surface area contributed by atoms with Gasteiger partial charge in [0.05, 0.1) is 10.4 Å². The molecule has 2 aromatic rings. The van der Waals surface area contributed by atoms with Crippen molar-refractivity contribution >= 4 is 23.1 Å². The smallest absolute Gasteiger partial charge is 0.338 e. The van der Waals surface area contributed by atoms with Gasteiger partial charge in [-0.15, -0.1) is 11.3 Å². The molecule has 1 aromatic carbocycles. The molecule has 98 valence electrons. The van der Waals surface area contributed by atoms with Gasteiger partial charge >= 0.3 is 5.97 Å². The summed E-state index contributed by atoms with van der Waals surface area (Å²) in [6.45, 7) is 1.43. The molecule has 0 unspecified atom stereocenters. The van der Waals surface area contributed by atoms with E-state index in [2.05, 4.69) is 0 Å². The second kappa shape index (κ2) is 5.67. The van der Waals surface area contributed by atoms with E-state index in [4.69, 9.17) is 4.74 Å². The Hall–Kier alpha value is -2.14. The Bertz CT molecular complexity index is 602. The molecule has 5 heteroatoms. The van der Waals surface area contributed by atoms with Crippen LogP contribution in [0.15, 0.2) is 35.7 Å². The van der Waals surface area contributed by atoms with E-state index in [0.29, 0.717) is 10.4 Å². The third-order valence-electron chi connectivity index (χ3n) is 2.58. The highest BCUT2D eigenvalue weighted by Crippen LogP contribution is 2.18. The molecule has 0 aliphatic rings. The van der Waals surface area contributed by atoms with E-state index in [1.807, 2.05) is 0 Å². The van der Waals surface area contributed by atoms with E-state index in [-0.39, 0.29) is 23.7 Å². The van der Waals surface area contributed by atoms with Crippen molar-refractivity contribution in [3.8, 4) is 5.75 Å². The zero-order chi connectivity index (χ0) is 13.8. The van der Waals surface area contributed by atoms with Gasteiger partial charge in [-0.2, -0.15) is 0 Å². The van der Waals surface area contributed by atoms with Gasteiger partial charge in [0, 0.05) is 0 Å². The van der Waals surface area contributed by atoms with E-state index >= 15 is 0 Å². The average molecular weight is 276 g/mol. The molecule has 0 bridgehead atoms. The molecule has 0 amide bonds. The second-order valence-electron chi connectivity index (χ2n) is 3.98. The molecule has 0 saturated heterocycles. The van der Waals surface area contributed by atoms with Crippen molar-refractivity contribution in [2.45, 2.75) is 6.92 Å². The SMILES string of the molecule is Cc1ccc(C(=O)OCC(=O)c2cccs2)cc1O. The lowest BCUT2D eigenvalue weighted by Crippen LogP contribution is -2.13. The predicted molar refractivity (Wildman–Crippen MR) is 71.8 cm³/mol. The lowest BCUT2D eigenvalue weighted by Gasteiger charge is -2.05. The lowest BCUT2D eigenvalue weighted by atomic mass is 10.1. The fourth-order valence-electron chi connectivity index (χ4n) is 1.46. The van der Waals surface area contributed by atoms with Crippen LogP contribution in [0.4, 0.5) is 0 Å². The van der Waals surface area contributed by atoms with Crippen molar-refractivity contribution in [3.05, 3.63) is 51.7 Å². The Morgan fingerprint density at radius 2 is 2.11 bits per heavy atom. The number of Topliss-reactive ketones (excluding diaryl/α,β-unsaturated/α-hetero) is 1. The Morgan fingerprint density at radius 1 is 1.32 bits per heavy atom. The Balaban J connectivity index is 1.98. The van der Waals surface area contributed by atoms with Crippen molar-refractivity contribution in [2.24, 2.45) is 0 Å². The molecule has 0 aliphatic carbocycles. The quantitative estimate of drug-likeness (QED) is 0.689. The van der Waals surface area contributed by atoms with E-state index in [0.717, 1.165) is 0 Å². The number of thiophene rings is 1. The van der Waals surface area contributed by atoms with Gasteiger partial charge in [0.15, 0.2) is 6.61 Å². The normalized spacial score (nSPS) is 10.2. The Labute approximate surface area is 114 Å². The third-order valence-corrected chi connectivity index (χ3v) is 3.49. The molecule has 1 N–H and O–H groups in total. The Kier molecular flexibility index (Phi) is 3.97. The lowest BCUT2D eigenvalue weighted by molar-refractivity contribution is 0.0475. The summed E-state index contributed by atoms with van der Waals surface area (Å²) in [4.78, 5) is 23.9. The maximum atomic E-state index is 11.7. The Morgan fingerprint density at radius 3 is 2.74 bits per heavy atom. The minimum Gasteiger partial charge on any atom is -0.508 e. The number of rotatable bonds is 4. The number of ether oxygens (including phenoxy) is 1. The number of phenols is 1. The van der Waals surface area contributed by atoms with Crippen LogP contribution in [0, 0.1) is 6.92 Å². The zero-order valence-electron chi connectivity index (χ0n) is 10.3. The van der Waals surface area contributed by atoms with Crippen molar-refractivity contribution in [1.82, 2.24) is 0 Å². The van der Waals surface area contributed by atoms with Crippen LogP contribution in [0.2, 0.25) is 0 Å². The van der Waals surface area contributed by atoms with Crippen molar-refractivity contribution in [1.29, 1.82) is 0 Å². The van der Waals surface area contributed by atoms with Crippen LogP contribution in [-0.2, 0) is 4.74 Å². The number of hydrogen-bond acceptors (Lipinski definition) is 5. The van der Waals surface area contributed by atoms with Crippen LogP contribution in [0.5, 0.6) is 5.75 Å². The molecule has 0 spiro atoms. The zero-order valence-corrected chi connectivity index (χ0v) is 11.1. The predicted octanol–water partition coefficient (Wildman–Crippen LogP) is 2.80. The number of ketones is 1. The first-order chi connectivity index (χ1) is 9.08.